The number of anilines is 2. The van der Waals surface area contributed by atoms with E-state index in [2.05, 4.69) is 16.1 Å². The predicted molar refractivity (Wildman–Crippen MR) is 145 cm³/mol. The second-order valence-corrected chi connectivity index (χ2v) is 10.3. The molecule has 0 unspecified atom stereocenters. The average molecular weight is 522 g/mol. The second kappa shape index (κ2) is 11.5. The molecule has 1 aliphatic rings. The van der Waals surface area contributed by atoms with Crippen LogP contribution in [0.4, 0.5) is 16.2 Å². The molecule has 0 spiro atoms. The molecule has 2 aromatic carbocycles. The van der Waals surface area contributed by atoms with Crippen molar-refractivity contribution >= 4 is 40.6 Å². The summed E-state index contributed by atoms with van der Waals surface area (Å²) < 4.78 is 5.23. The number of thiophene rings is 1. The molecule has 3 amide bonds. The Morgan fingerprint density at radius 3 is 2.19 bits per heavy atom. The first-order chi connectivity index (χ1) is 17.7. The highest BCUT2D eigenvalue weighted by molar-refractivity contribution is 7.18. The van der Waals surface area contributed by atoms with E-state index in [-0.39, 0.29) is 10.8 Å². The molecule has 1 aliphatic carbocycles. The molecular formula is C28H31N3O5S. The lowest BCUT2D eigenvalue weighted by Crippen LogP contribution is -2.30. The lowest BCUT2D eigenvalue weighted by Gasteiger charge is -2.14. The second-order valence-electron chi connectivity index (χ2n) is 9.27. The highest BCUT2D eigenvalue weighted by Crippen LogP contribution is 2.36. The molecule has 0 atom stereocenters. The minimum atomic E-state index is -0.603. The van der Waals surface area contributed by atoms with E-state index in [1.54, 1.807) is 13.2 Å². The number of amides is 3. The Hall–Kier alpha value is -3.85. The predicted octanol–water partition coefficient (Wildman–Crippen LogP) is 6.37. The molecule has 0 aliphatic heterocycles. The molecular weight excluding hydrogens is 490 g/mol. The van der Waals surface area contributed by atoms with Crippen molar-refractivity contribution in [2.45, 2.75) is 46.5 Å². The van der Waals surface area contributed by atoms with E-state index in [0.717, 1.165) is 52.8 Å². The molecule has 1 saturated carbocycles. The molecule has 1 aromatic heterocycles. The summed E-state index contributed by atoms with van der Waals surface area (Å²) in [6.45, 7) is 5.86. The van der Waals surface area contributed by atoms with Crippen LogP contribution >= 0.6 is 11.3 Å². The number of nitrogens with one attached hydrogen (secondary N) is 3. The summed E-state index contributed by atoms with van der Waals surface area (Å²) >= 11 is 1.19. The number of hydrogen-bond donors (Lipinski definition) is 3. The van der Waals surface area contributed by atoms with Crippen molar-refractivity contribution in [3.63, 3.8) is 0 Å². The number of carbonyl (C=O) groups is 3. The van der Waals surface area contributed by atoms with Gasteiger partial charge in [0.2, 0.25) is 0 Å². The molecule has 37 heavy (non-hydrogen) atoms. The first kappa shape index (κ1) is 26.2. The van der Waals surface area contributed by atoms with Crippen LogP contribution in [0.3, 0.4) is 0 Å². The van der Waals surface area contributed by atoms with Crippen LogP contribution in [0, 0.1) is 26.7 Å². The zero-order valence-corrected chi connectivity index (χ0v) is 22.2. The van der Waals surface area contributed by atoms with Crippen molar-refractivity contribution in [1.29, 1.82) is 0 Å². The zero-order chi connectivity index (χ0) is 26.5. The van der Waals surface area contributed by atoms with Crippen molar-refractivity contribution in [2.75, 3.05) is 17.7 Å². The molecule has 194 valence electrons. The van der Waals surface area contributed by atoms with Gasteiger partial charge in [0.25, 0.3) is 5.91 Å². The topological polar surface area (TPSA) is 106 Å². The maximum Gasteiger partial charge on any atom is 0.335 e. The van der Waals surface area contributed by atoms with Gasteiger partial charge in [-0.25, -0.2) is 9.59 Å². The van der Waals surface area contributed by atoms with E-state index in [4.69, 9.17) is 9.57 Å². The monoisotopic (exact) mass is 521 g/mol. The van der Waals surface area contributed by atoms with E-state index >= 15 is 0 Å². The Morgan fingerprint density at radius 1 is 0.919 bits per heavy atom. The largest absolute Gasteiger partial charge is 0.497 e. The van der Waals surface area contributed by atoms with Gasteiger partial charge in [0.15, 0.2) is 0 Å². The van der Waals surface area contributed by atoms with Gasteiger partial charge in [-0.1, -0.05) is 30.5 Å². The minimum Gasteiger partial charge on any atom is -0.497 e. The van der Waals surface area contributed by atoms with Crippen LogP contribution in [-0.2, 0) is 9.63 Å². The van der Waals surface area contributed by atoms with Crippen molar-refractivity contribution < 1.29 is 24.0 Å². The molecule has 1 heterocycles. The summed E-state index contributed by atoms with van der Waals surface area (Å²) in [7, 11) is 1.59. The van der Waals surface area contributed by atoms with Crippen molar-refractivity contribution in [3.05, 3.63) is 64.0 Å². The number of carbonyl (C=O) groups excluding carboxylic acids is 3. The van der Waals surface area contributed by atoms with Gasteiger partial charge in [-0.15, -0.1) is 11.3 Å². The lowest BCUT2D eigenvalue weighted by atomic mass is 10.1. The van der Waals surface area contributed by atoms with Crippen molar-refractivity contribution in [1.82, 2.24) is 5.48 Å². The lowest BCUT2D eigenvalue weighted by molar-refractivity contribution is -0.153. The summed E-state index contributed by atoms with van der Waals surface area (Å²) in [4.78, 5) is 44.4. The number of aryl methyl sites for hydroxylation is 3. The normalized spacial score (nSPS) is 13.2. The zero-order valence-electron chi connectivity index (χ0n) is 21.4. The van der Waals surface area contributed by atoms with E-state index in [1.807, 2.05) is 57.2 Å². The Balaban J connectivity index is 1.56. The van der Waals surface area contributed by atoms with Crippen LogP contribution in [-0.4, -0.2) is 25.0 Å². The van der Waals surface area contributed by atoms with E-state index in [9.17, 15) is 14.4 Å². The number of ether oxygens (including phenoxy) is 1. The number of urea groups is 1. The first-order valence-electron chi connectivity index (χ1n) is 12.2. The fourth-order valence-electron chi connectivity index (χ4n) is 4.58. The molecule has 0 saturated heterocycles. The highest BCUT2D eigenvalue weighted by atomic mass is 32.1. The number of hydroxylamine groups is 1. The fraction of sp³-hybridized carbons (Fsp3) is 0.321. The van der Waals surface area contributed by atoms with Gasteiger partial charge in [-0.3, -0.25) is 4.79 Å². The summed E-state index contributed by atoms with van der Waals surface area (Å²) in [5, 5.41) is 5.69. The maximum atomic E-state index is 13.0. The SMILES string of the molecule is COc1ccc(-c2cc(NC(=O)Nc3c(C)cc(C)cc3C)c(C(=O)NOC(=O)C3CCCC3)s2)cc1. The van der Waals surface area contributed by atoms with Gasteiger partial charge in [0.05, 0.1) is 18.7 Å². The van der Waals surface area contributed by atoms with E-state index in [0.29, 0.717) is 17.1 Å². The van der Waals surface area contributed by atoms with Gasteiger partial charge in [-0.2, -0.15) is 5.48 Å². The van der Waals surface area contributed by atoms with Gasteiger partial charge in [0, 0.05) is 10.6 Å². The first-order valence-corrected chi connectivity index (χ1v) is 13.0. The summed E-state index contributed by atoms with van der Waals surface area (Å²) in [5.41, 5.74) is 7.13. The van der Waals surface area contributed by atoms with E-state index < -0.39 is 17.9 Å². The number of methoxy groups -OCH3 is 1. The van der Waals surface area contributed by atoms with Crippen LogP contribution in [0.25, 0.3) is 10.4 Å². The molecule has 9 heteroatoms. The summed E-state index contributed by atoms with van der Waals surface area (Å²) in [6.07, 6.45) is 3.49. The van der Waals surface area contributed by atoms with E-state index in [1.165, 1.54) is 11.3 Å². The number of rotatable bonds is 6. The summed E-state index contributed by atoms with van der Waals surface area (Å²) in [6, 6.07) is 12.6. The third-order valence-electron chi connectivity index (χ3n) is 6.41. The van der Waals surface area contributed by atoms with Gasteiger partial charge in [0.1, 0.15) is 10.6 Å². The Labute approximate surface area is 220 Å². The molecule has 8 nitrogen and oxygen atoms in total. The number of benzene rings is 2. The van der Waals surface area contributed by atoms with Gasteiger partial charge in [-0.05, 0) is 80.6 Å². The van der Waals surface area contributed by atoms with Crippen LogP contribution in [0.2, 0.25) is 0 Å². The molecule has 0 bridgehead atoms. The quantitative estimate of drug-likeness (QED) is 0.327. The van der Waals surface area contributed by atoms with Crippen molar-refractivity contribution in [2.24, 2.45) is 5.92 Å². The van der Waals surface area contributed by atoms with Crippen LogP contribution in [0.5, 0.6) is 5.75 Å². The Bertz CT molecular complexity index is 1290. The third kappa shape index (κ3) is 6.29. The molecule has 3 aromatic rings. The molecule has 0 radical (unpaired) electrons. The Kier molecular flexibility index (Phi) is 8.13. The smallest absolute Gasteiger partial charge is 0.335 e. The van der Waals surface area contributed by atoms with Gasteiger partial charge >= 0.3 is 12.0 Å². The van der Waals surface area contributed by atoms with Crippen LogP contribution in [0.1, 0.15) is 52.0 Å². The molecule has 3 N–H and O–H groups in total. The van der Waals surface area contributed by atoms with Gasteiger partial charge < -0.3 is 20.2 Å². The van der Waals surface area contributed by atoms with Crippen LogP contribution < -0.4 is 20.9 Å². The minimum absolute atomic E-state index is 0.192. The average Bonchev–Trinajstić information content (AvgIpc) is 3.55. The highest BCUT2D eigenvalue weighted by Gasteiger charge is 2.26. The third-order valence-corrected chi connectivity index (χ3v) is 7.59. The maximum absolute atomic E-state index is 13.0. The fourth-order valence-corrected chi connectivity index (χ4v) is 5.59. The molecule has 1 fully saturated rings. The van der Waals surface area contributed by atoms with Crippen molar-refractivity contribution in [3.8, 4) is 16.2 Å². The summed E-state index contributed by atoms with van der Waals surface area (Å²) in [5.74, 6) is -0.522. The standard InChI is InChI=1S/C28H31N3O5S/c1-16-13-17(2)24(18(3)14-16)30-28(34)29-22-15-23(19-9-11-21(35-4)12-10-19)37-25(22)26(32)31-36-27(33)20-7-5-6-8-20/h9-15,20H,5-8H2,1-4H3,(H,31,32)(H2,29,30,34). The molecule has 4 rings (SSSR count). The Morgan fingerprint density at radius 2 is 1.57 bits per heavy atom. The number of hydrogen-bond acceptors (Lipinski definition) is 6. The van der Waals surface area contributed by atoms with Crippen LogP contribution in [0.15, 0.2) is 42.5 Å².